The minimum atomic E-state index is 0.168. The summed E-state index contributed by atoms with van der Waals surface area (Å²) < 4.78 is 10.9. The molecule has 120 valence electrons. The molecule has 1 rings (SSSR count). The molecule has 0 aliphatic carbocycles. The lowest BCUT2D eigenvalue weighted by molar-refractivity contribution is 0.106. The van der Waals surface area contributed by atoms with E-state index in [0.29, 0.717) is 31.8 Å². The number of nitrogens with two attached hydrogens (primary N) is 1. The number of ether oxygens (including phenoxy) is 2. The Morgan fingerprint density at radius 2 is 1.52 bits per heavy atom. The Bertz CT molecular complexity index is 404. The highest BCUT2D eigenvalue weighted by atomic mass is 16.5. The quantitative estimate of drug-likeness (QED) is 0.742. The lowest BCUT2D eigenvalue weighted by atomic mass is 9.72. The van der Waals surface area contributed by atoms with Gasteiger partial charge in [-0.2, -0.15) is 0 Å². The van der Waals surface area contributed by atoms with Crippen molar-refractivity contribution >= 4 is 0 Å². The molecule has 0 aliphatic heterocycles. The zero-order valence-corrected chi connectivity index (χ0v) is 14.2. The molecular weight excluding hydrogens is 262 g/mol. The van der Waals surface area contributed by atoms with Gasteiger partial charge in [0.15, 0.2) is 0 Å². The van der Waals surface area contributed by atoms with Gasteiger partial charge in [0.2, 0.25) is 0 Å². The van der Waals surface area contributed by atoms with Crippen molar-refractivity contribution in [3.8, 4) is 5.75 Å². The van der Waals surface area contributed by atoms with E-state index in [1.54, 1.807) is 0 Å². The van der Waals surface area contributed by atoms with Crippen molar-refractivity contribution in [3.05, 3.63) is 29.8 Å². The number of rotatable bonds is 8. The zero-order chi connectivity index (χ0) is 15.9. The molecule has 0 saturated carbocycles. The van der Waals surface area contributed by atoms with Crippen LogP contribution in [0.25, 0.3) is 0 Å². The Morgan fingerprint density at radius 3 is 2.05 bits per heavy atom. The van der Waals surface area contributed by atoms with Crippen LogP contribution in [0.5, 0.6) is 5.75 Å². The topological polar surface area (TPSA) is 44.5 Å². The first-order chi connectivity index (χ1) is 9.74. The maximum Gasteiger partial charge on any atom is 0.119 e. The van der Waals surface area contributed by atoms with Crippen LogP contribution >= 0.6 is 0 Å². The molecule has 0 radical (unpaired) electrons. The molecule has 0 aliphatic rings. The van der Waals surface area contributed by atoms with Gasteiger partial charge in [-0.1, -0.05) is 46.8 Å². The number of hydrogen-bond donors (Lipinski definition) is 1. The fourth-order valence-corrected chi connectivity index (χ4v) is 2.83. The van der Waals surface area contributed by atoms with Crippen LogP contribution in [0.1, 0.15) is 46.6 Å². The third-order valence-electron chi connectivity index (χ3n) is 3.37. The lowest BCUT2D eigenvalue weighted by Crippen LogP contribution is -2.24. The van der Waals surface area contributed by atoms with E-state index in [2.05, 4.69) is 46.8 Å². The van der Waals surface area contributed by atoms with E-state index in [4.69, 9.17) is 15.2 Å². The van der Waals surface area contributed by atoms with Crippen LogP contribution < -0.4 is 10.5 Å². The van der Waals surface area contributed by atoms with Gasteiger partial charge in [-0.05, 0) is 34.9 Å². The molecule has 1 aromatic carbocycles. The highest BCUT2D eigenvalue weighted by molar-refractivity contribution is 5.31. The molecule has 0 amide bonds. The summed E-state index contributed by atoms with van der Waals surface area (Å²) in [5.74, 6) is 0.890. The number of benzene rings is 1. The molecule has 0 fully saturated rings. The van der Waals surface area contributed by atoms with Crippen LogP contribution in [0.3, 0.4) is 0 Å². The summed E-state index contributed by atoms with van der Waals surface area (Å²) in [5.41, 5.74) is 7.19. The van der Waals surface area contributed by atoms with Gasteiger partial charge in [0, 0.05) is 6.54 Å². The lowest BCUT2D eigenvalue weighted by Gasteiger charge is -2.33. The fraction of sp³-hybridized carbons (Fsp3) is 0.667. The Hall–Kier alpha value is -1.06. The van der Waals surface area contributed by atoms with Crippen LogP contribution in [-0.4, -0.2) is 26.4 Å². The number of hydrogen-bond acceptors (Lipinski definition) is 3. The predicted molar refractivity (Wildman–Crippen MR) is 88.9 cm³/mol. The largest absolute Gasteiger partial charge is 0.491 e. The van der Waals surface area contributed by atoms with Gasteiger partial charge < -0.3 is 15.2 Å². The van der Waals surface area contributed by atoms with Crippen LogP contribution in [-0.2, 0) is 10.2 Å². The van der Waals surface area contributed by atoms with Gasteiger partial charge in [-0.15, -0.1) is 0 Å². The van der Waals surface area contributed by atoms with Crippen LogP contribution in [0.15, 0.2) is 24.3 Å². The SMILES string of the molecule is CC(C)(C)CC(C)(C)c1ccc(OCCOCCN)cc1. The molecule has 0 unspecified atom stereocenters. The van der Waals surface area contributed by atoms with Crippen molar-refractivity contribution in [3.63, 3.8) is 0 Å². The standard InChI is InChI=1S/C18H31NO2/c1-17(2,3)14-18(4,5)15-6-8-16(9-7-15)21-13-12-20-11-10-19/h6-9H,10-14,19H2,1-5H3. The summed E-state index contributed by atoms with van der Waals surface area (Å²) in [7, 11) is 0. The van der Waals surface area contributed by atoms with Crippen molar-refractivity contribution in [1.29, 1.82) is 0 Å². The zero-order valence-electron chi connectivity index (χ0n) is 14.2. The molecule has 21 heavy (non-hydrogen) atoms. The molecule has 0 saturated heterocycles. The normalized spacial score (nSPS) is 12.5. The van der Waals surface area contributed by atoms with Gasteiger partial charge >= 0.3 is 0 Å². The average Bonchev–Trinajstić information content (AvgIpc) is 2.36. The first kappa shape index (κ1) is 18.0. The van der Waals surface area contributed by atoms with E-state index < -0.39 is 0 Å². The van der Waals surface area contributed by atoms with Gasteiger partial charge in [0.25, 0.3) is 0 Å². The van der Waals surface area contributed by atoms with Crippen LogP contribution in [0.4, 0.5) is 0 Å². The monoisotopic (exact) mass is 293 g/mol. The molecule has 2 N–H and O–H groups in total. The fourth-order valence-electron chi connectivity index (χ4n) is 2.83. The third-order valence-corrected chi connectivity index (χ3v) is 3.37. The van der Waals surface area contributed by atoms with E-state index in [1.165, 1.54) is 5.56 Å². The van der Waals surface area contributed by atoms with Crippen molar-refractivity contribution in [1.82, 2.24) is 0 Å². The summed E-state index contributed by atoms with van der Waals surface area (Å²) >= 11 is 0. The highest BCUT2D eigenvalue weighted by Gasteiger charge is 2.27. The molecule has 0 bridgehead atoms. The van der Waals surface area contributed by atoms with Gasteiger partial charge in [-0.25, -0.2) is 0 Å². The molecule has 0 spiro atoms. The maximum atomic E-state index is 5.66. The first-order valence-corrected chi connectivity index (χ1v) is 7.76. The summed E-state index contributed by atoms with van der Waals surface area (Å²) in [6, 6.07) is 8.43. The van der Waals surface area contributed by atoms with Crippen LogP contribution in [0.2, 0.25) is 0 Å². The molecular formula is C18H31NO2. The van der Waals surface area contributed by atoms with E-state index >= 15 is 0 Å². The Labute approximate surface area is 129 Å². The average molecular weight is 293 g/mol. The molecule has 0 atom stereocenters. The second-order valence-electron chi connectivity index (χ2n) is 7.40. The second kappa shape index (κ2) is 7.81. The summed E-state index contributed by atoms with van der Waals surface area (Å²) in [5, 5.41) is 0. The molecule has 3 nitrogen and oxygen atoms in total. The highest BCUT2D eigenvalue weighted by Crippen LogP contribution is 2.36. The molecule has 0 aromatic heterocycles. The maximum absolute atomic E-state index is 5.66. The first-order valence-electron chi connectivity index (χ1n) is 7.76. The molecule has 1 aromatic rings. The van der Waals surface area contributed by atoms with E-state index in [0.717, 1.165) is 12.2 Å². The van der Waals surface area contributed by atoms with E-state index in [9.17, 15) is 0 Å². The van der Waals surface area contributed by atoms with Crippen LogP contribution in [0, 0.1) is 5.41 Å². The van der Waals surface area contributed by atoms with Gasteiger partial charge in [0.1, 0.15) is 12.4 Å². The predicted octanol–water partition coefficient (Wildman–Crippen LogP) is 3.75. The van der Waals surface area contributed by atoms with Crippen molar-refractivity contribution in [2.45, 2.75) is 46.5 Å². The Morgan fingerprint density at radius 1 is 0.905 bits per heavy atom. The van der Waals surface area contributed by atoms with Crippen molar-refractivity contribution in [2.75, 3.05) is 26.4 Å². The van der Waals surface area contributed by atoms with Crippen molar-refractivity contribution in [2.24, 2.45) is 11.1 Å². The minimum absolute atomic E-state index is 0.168. The molecule has 0 heterocycles. The smallest absolute Gasteiger partial charge is 0.119 e. The van der Waals surface area contributed by atoms with Crippen molar-refractivity contribution < 1.29 is 9.47 Å². The van der Waals surface area contributed by atoms with Gasteiger partial charge in [0.05, 0.1) is 13.2 Å². The summed E-state index contributed by atoms with van der Waals surface area (Å²) in [6.07, 6.45) is 1.15. The Balaban J connectivity index is 2.53. The summed E-state index contributed by atoms with van der Waals surface area (Å²) in [4.78, 5) is 0. The summed E-state index contributed by atoms with van der Waals surface area (Å²) in [6.45, 7) is 13.7. The second-order valence-corrected chi connectivity index (χ2v) is 7.40. The van der Waals surface area contributed by atoms with E-state index in [1.807, 2.05) is 12.1 Å². The molecule has 3 heteroatoms. The van der Waals surface area contributed by atoms with Gasteiger partial charge in [-0.3, -0.25) is 0 Å². The van der Waals surface area contributed by atoms with E-state index in [-0.39, 0.29) is 5.41 Å². The Kier molecular flexibility index (Phi) is 6.69. The minimum Gasteiger partial charge on any atom is -0.491 e. The third kappa shape index (κ3) is 6.96.